The van der Waals surface area contributed by atoms with Crippen LogP contribution < -0.4 is 0 Å². The SMILES string of the molecule is C[C@]12CC[C@@H]3C4=CCC(O)(S(=O)(=O)c5ccccc5C(=O)OOC(=O)c5ccccc5S(=O)(=O)C5(O)C=C6CC[C@@H]7[C@H](CC[C@]8(C)C(=O)CC[C@@H]78)C6=CC5)C=C4CC[C@H]3[C@@H]1CCC2=O. The zero-order valence-electron chi connectivity index (χ0n) is 36.1. The maximum atomic E-state index is 14.4. The Hall–Kier alpha value is -4.50. The second-order valence-corrected chi connectivity index (χ2v) is 24.5. The molecule has 10 atom stereocenters. The minimum Gasteiger partial charge on any atom is -0.371 e. The summed E-state index contributed by atoms with van der Waals surface area (Å²) in [6.45, 7) is 4.18. The van der Waals surface area contributed by atoms with E-state index in [0.29, 0.717) is 49.1 Å². The van der Waals surface area contributed by atoms with Crippen LogP contribution in [0.5, 0.6) is 0 Å². The molecule has 2 aromatic rings. The third-order valence-corrected chi connectivity index (χ3v) is 21.6. The lowest BCUT2D eigenvalue weighted by atomic mass is 9.54. The number of sulfone groups is 2. The monoisotopic (exact) mass is 910 g/mol. The van der Waals surface area contributed by atoms with E-state index in [4.69, 9.17) is 9.78 Å². The molecule has 0 amide bonds. The van der Waals surface area contributed by atoms with Crippen molar-refractivity contribution in [1.29, 1.82) is 0 Å². The number of allylic oxidation sites excluding steroid dienone is 4. The minimum absolute atomic E-state index is 0.167. The highest BCUT2D eigenvalue weighted by Crippen LogP contribution is 2.62. The number of Topliss-reactive ketones (excluding diaryl/α,β-unsaturated/α-hetero) is 2. The number of carbonyl (C=O) groups is 4. The molecular weight excluding hydrogens is 857 g/mol. The van der Waals surface area contributed by atoms with Gasteiger partial charge in [-0.2, -0.15) is 0 Å². The van der Waals surface area contributed by atoms with E-state index in [0.717, 1.165) is 97.9 Å². The Bertz CT molecular complexity index is 2580. The lowest BCUT2D eigenvalue weighted by Gasteiger charge is -2.50. The van der Waals surface area contributed by atoms with Crippen molar-refractivity contribution in [2.75, 3.05) is 0 Å². The third kappa shape index (κ3) is 6.31. The summed E-state index contributed by atoms with van der Waals surface area (Å²) in [6, 6.07) is 10.2. The summed E-state index contributed by atoms with van der Waals surface area (Å²) in [7, 11) is -9.38. The van der Waals surface area contributed by atoms with Crippen LogP contribution in [0, 0.1) is 46.3 Å². The lowest BCUT2D eigenvalue weighted by molar-refractivity contribution is -0.188. The molecule has 14 heteroatoms. The molecular formula is C50H54O12S2. The summed E-state index contributed by atoms with van der Waals surface area (Å²) in [4.78, 5) is 56.7. The van der Waals surface area contributed by atoms with Crippen molar-refractivity contribution in [3.63, 3.8) is 0 Å². The first-order valence-corrected chi connectivity index (χ1v) is 25.8. The molecule has 0 radical (unpaired) electrons. The Morgan fingerprint density at radius 3 is 1.38 bits per heavy atom. The van der Waals surface area contributed by atoms with Gasteiger partial charge in [-0.15, -0.1) is 0 Å². The molecule has 0 heterocycles. The average Bonchev–Trinajstić information content (AvgIpc) is 3.77. The molecule has 64 heavy (non-hydrogen) atoms. The Kier molecular flexibility index (Phi) is 10.2. The summed E-state index contributed by atoms with van der Waals surface area (Å²) >= 11 is 0. The van der Waals surface area contributed by atoms with Gasteiger partial charge in [-0.3, -0.25) is 9.59 Å². The van der Waals surface area contributed by atoms with E-state index in [1.807, 2.05) is 0 Å². The molecule has 0 aliphatic heterocycles. The fourth-order valence-electron chi connectivity index (χ4n) is 13.8. The second-order valence-electron chi connectivity index (χ2n) is 20.2. The summed E-state index contributed by atoms with van der Waals surface area (Å²) in [6.07, 6.45) is 14.6. The van der Waals surface area contributed by atoms with Crippen LogP contribution in [0.4, 0.5) is 0 Å². The van der Waals surface area contributed by atoms with Gasteiger partial charge in [0.05, 0.1) is 20.9 Å². The molecule has 2 aromatic carbocycles. The highest BCUT2D eigenvalue weighted by atomic mass is 32.2. The molecule has 338 valence electrons. The maximum absolute atomic E-state index is 14.4. The van der Waals surface area contributed by atoms with E-state index in [-0.39, 0.29) is 47.3 Å². The number of carbonyl (C=O) groups excluding carboxylic acids is 4. The molecule has 12 nitrogen and oxygen atoms in total. The summed E-state index contributed by atoms with van der Waals surface area (Å²) in [5, 5.41) is 23.8. The van der Waals surface area contributed by atoms with Crippen LogP contribution in [0.3, 0.4) is 0 Å². The number of hydrogen-bond donors (Lipinski definition) is 2. The molecule has 10 rings (SSSR count). The molecule has 8 aliphatic rings. The van der Waals surface area contributed by atoms with E-state index in [1.54, 1.807) is 12.2 Å². The first kappa shape index (κ1) is 43.4. The van der Waals surface area contributed by atoms with Gasteiger partial charge in [-0.05, 0) is 158 Å². The third-order valence-electron chi connectivity index (χ3n) is 17.3. The summed E-state index contributed by atoms with van der Waals surface area (Å²) in [5.74, 6) is -0.573. The van der Waals surface area contributed by atoms with Gasteiger partial charge >= 0.3 is 11.9 Å². The Labute approximate surface area is 373 Å². The fourth-order valence-corrected chi connectivity index (χ4v) is 17.2. The number of hydrogen-bond acceptors (Lipinski definition) is 12. The summed E-state index contributed by atoms with van der Waals surface area (Å²) in [5.41, 5.74) is 1.88. The normalized spacial score (nSPS) is 36.6. The number of fused-ring (bicyclic) bond motifs is 10. The average molecular weight is 911 g/mol. The maximum Gasteiger partial charge on any atom is 0.387 e. The van der Waals surface area contributed by atoms with Gasteiger partial charge in [0.25, 0.3) is 0 Å². The predicted molar refractivity (Wildman–Crippen MR) is 232 cm³/mol. The number of ketones is 2. The van der Waals surface area contributed by atoms with Gasteiger partial charge in [0, 0.05) is 36.5 Å². The van der Waals surface area contributed by atoms with Crippen LogP contribution in [0.2, 0.25) is 0 Å². The molecule has 6 saturated carbocycles. The second kappa shape index (κ2) is 15.0. The molecule has 8 aliphatic carbocycles. The highest BCUT2D eigenvalue weighted by molar-refractivity contribution is 7.93. The van der Waals surface area contributed by atoms with Gasteiger partial charge in [0.1, 0.15) is 11.6 Å². The fraction of sp³-hybridized carbons (Fsp3) is 0.520. The van der Waals surface area contributed by atoms with Crippen molar-refractivity contribution in [3.8, 4) is 0 Å². The van der Waals surface area contributed by atoms with Crippen LogP contribution in [0.15, 0.2) is 105 Å². The summed E-state index contributed by atoms with van der Waals surface area (Å²) < 4.78 is 57.4. The van der Waals surface area contributed by atoms with Crippen molar-refractivity contribution >= 4 is 43.2 Å². The van der Waals surface area contributed by atoms with E-state index in [1.165, 1.54) is 36.4 Å². The van der Waals surface area contributed by atoms with E-state index in [2.05, 4.69) is 13.8 Å². The molecule has 0 spiro atoms. The standard InChI is InChI=1S/C50H54O12S2/c1-47-23-19-33-31-21-25-49(55,27-29(31)11-13-35(33)39(47)15-17-43(47)51)63(57,58)41-9-5-3-7-37(41)45(53)61-62-46(54)38-8-4-6-10-42(38)64(59,60)50(56)26-22-32-30(28-50)12-14-36-34(32)20-24-48(2)40(36)16-18-44(48)52/h3-10,21-22,27-28,33-36,39-40,55-56H,11-20,23-26H2,1-2H3/t33-,34-,35-,36-,39+,40+,47+,48+,49?,50?/m1/s1. The smallest absolute Gasteiger partial charge is 0.371 e. The van der Waals surface area contributed by atoms with Crippen molar-refractivity contribution in [2.24, 2.45) is 46.3 Å². The van der Waals surface area contributed by atoms with Crippen molar-refractivity contribution in [2.45, 2.75) is 123 Å². The molecule has 0 saturated heterocycles. The largest absolute Gasteiger partial charge is 0.387 e. The molecule has 2 N–H and O–H groups in total. The molecule has 0 aromatic heterocycles. The minimum atomic E-state index is -4.69. The van der Waals surface area contributed by atoms with Crippen molar-refractivity contribution in [1.82, 2.24) is 0 Å². The van der Waals surface area contributed by atoms with Crippen LogP contribution >= 0.6 is 0 Å². The molecule has 6 fully saturated rings. The predicted octanol–water partition coefficient (Wildman–Crippen LogP) is 7.66. The van der Waals surface area contributed by atoms with Gasteiger partial charge in [-0.25, -0.2) is 36.2 Å². The van der Waals surface area contributed by atoms with E-state index in [9.17, 15) is 46.2 Å². The van der Waals surface area contributed by atoms with E-state index < -0.39 is 62.4 Å². The van der Waals surface area contributed by atoms with Gasteiger partial charge < -0.3 is 10.2 Å². The Balaban J connectivity index is 0.841. The quantitative estimate of drug-likeness (QED) is 0.213. The topological polar surface area (TPSA) is 195 Å². The van der Waals surface area contributed by atoms with Crippen LogP contribution in [-0.2, 0) is 39.0 Å². The highest BCUT2D eigenvalue weighted by Gasteiger charge is 2.58. The molecule has 0 bridgehead atoms. The first-order valence-electron chi connectivity index (χ1n) is 22.8. The van der Waals surface area contributed by atoms with Crippen LogP contribution in [0.1, 0.15) is 124 Å². The first-order chi connectivity index (χ1) is 30.3. The number of benzene rings is 2. The van der Waals surface area contributed by atoms with Crippen LogP contribution in [-0.4, -0.2) is 60.4 Å². The van der Waals surface area contributed by atoms with Crippen LogP contribution in [0.25, 0.3) is 0 Å². The Morgan fingerprint density at radius 1 is 0.578 bits per heavy atom. The van der Waals surface area contributed by atoms with Crippen molar-refractivity contribution < 1.29 is 56.0 Å². The van der Waals surface area contributed by atoms with Gasteiger partial charge in [-0.1, -0.05) is 50.3 Å². The number of aliphatic hydroxyl groups is 2. The lowest BCUT2D eigenvalue weighted by Crippen LogP contribution is -2.45. The molecule has 2 unspecified atom stereocenters. The van der Waals surface area contributed by atoms with Gasteiger partial charge in [0.15, 0.2) is 9.87 Å². The zero-order valence-corrected chi connectivity index (χ0v) is 37.7. The Morgan fingerprint density at radius 2 is 0.969 bits per heavy atom. The zero-order chi connectivity index (χ0) is 45.2. The van der Waals surface area contributed by atoms with Gasteiger partial charge in [0.2, 0.25) is 19.7 Å². The van der Waals surface area contributed by atoms with Crippen molar-refractivity contribution in [3.05, 3.63) is 106 Å². The number of rotatable bonds is 6. The van der Waals surface area contributed by atoms with E-state index >= 15 is 0 Å².